The minimum absolute atomic E-state index is 0.184. The molecule has 1 aliphatic rings. The lowest BCUT2D eigenvalue weighted by Gasteiger charge is -2.33. The molecule has 2 amide bonds. The van der Waals surface area contributed by atoms with Crippen molar-refractivity contribution in [1.29, 1.82) is 0 Å². The molecule has 0 unspecified atom stereocenters. The number of piperidine rings is 1. The topological polar surface area (TPSA) is 89.3 Å². The van der Waals surface area contributed by atoms with E-state index in [9.17, 15) is 9.59 Å². The van der Waals surface area contributed by atoms with Crippen LogP contribution in [0.1, 0.15) is 91.0 Å². The number of fused-ring (bicyclic) bond motifs is 1. The van der Waals surface area contributed by atoms with Crippen molar-refractivity contribution in [3.8, 4) is 0 Å². The molecule has 0 N–H and O–H groups in total. The summed E-state index contributed by atoms with van der Waals surface area (Å²) >= 11 is 1.68. The van der Waals surface area contributed by atoms with E-state index in [1.165, 1.54) is 0 Å². The van der Waals surface area contributed by atoms with Crippen molar-refractivity contribution in [1.82, 2.24) is 19.5 Å². The number of carbonyl (C=O) groups is 2. The first-order valence-corrected chi connectivity index (χ1v) is 15.6. The highest BCUT2D eigenvalue weighted by Gasteiger charge is 2.30. The van der Waals surface area contributed by atoms with Crippen LogP contribution in [0, 0.1) is 6.92 Å². The van der Waals surface area contributed by atoms with Gasteiger partial charge in [0.1, 0.15) is 16.2 Å². The highest BCUT2D eigenvalue weighted by Crippen LogP contribution is 2.35. The molecular weight excluding hydrogens is 550 g/mol. The maximum atomic E-state index is 13.7. The Morgan fingerprint density at radius 1 is 1.05 bits per heavy atom. The summed E-state index contributed by atoms with van der Waals surface area (Å²) in [5.41, 5.74) is 3.17. The molecule has 0 atom stereocenters. The molecule has 1 saturated heterocycles. The van der Waals surface area contributed by atoms with Gasteiger partial charge in [0.15, 0.2) is 5.65 Å². The predicted octanol–water partition coefficient (Wildman–Crippen LogP) is 7.59. The molecule has 0 aliphatic carbocycles. The lowest BCUT2D eigenvalue weighted by atomic mass is 10.1. The maximum absolute atomic E-state index is 13.7. The number of thioether (sulfide) groups is 1. The number of amides is 2. The number of likely N-dealkylation sites (tertiary alicyclic amines) is 1. The van der Waals surface area contributed by atoms with Crippen LogP contribution in [-0.4, -0.2) is 61.2 Å². The third-order valence-corrected chi connectivity index (χ3v) is 8.16. The van der Waals surface area contributed by atoms with Gasteiger partial charge in [0.05, 0.1) is 24.1 Å². The predicted molar refractivity (Wildman–Crippen MR) is 167 cm³/mol. The quantitative estimate of drug-likeness (QED) is 0.290. The molecular formula is C32H45N5O4S. The molecule has 3 aromatic rings. The Morgan fingerprint density at radius 3 is 2.29 bits per heavy atom. The molecule has 3 heterocycles. The second kappa shape index (κ2) is 12.5. The van der Waals surface area contributed by atoms with Crippen molar-refractivity contribution in [3.05, 3.63) is 53.3 Å². The second-order valence-corrected chi connectivity index (χ2v) is 14.5. The Hall–Kier alpha value is -3.27. The van der Waals surface area contributed by atoms with Gasteiger partial charge in [0.2, 0.25) is 0 Å². The lowest BCUT2D eigenvalue weighted by molar-refractivity contribution is 0.0219. The first-order chi connectivity index (χ1) is 19.6. The van der Waals surface area contributed by atoms with Gasteiger partial charge in [-0.15, -0.1) is 11.8 Å². The molecule has 1 aliphatic heterocycles. The van der Waals surface area contributed by atoms with E-state index in [0.29, 0.717) is 31.0 Å². The van der Waals surface area contributed by atoms with Gasteiger partial charge in [-0.05, 0) is 84.4 Å². The number of carbonyl (C=O) groups excluding carboxylic acids is 2. The van der Waals surface area contributed by atoms with E-state index < -0.39 is 17.3 Å². The van der Waals surface area contributed by atoms with Crippen LogP contribution in [0.4, 0.5) is 15.3 Å². The number of hydrogen-bond acceptors (Lipinski definition) is 7. The third kappa shape index (κ3) is 7.96. The molecule has 1 aromatic carbocycles. The summed E-state index contributed by atoms with van der Waals surface area (Å²) < 4.78 is 13.3. The van der Waals surface area contributed by atoms with Crippen LogP contribution in [0.5, 0.6) is 0 Å². The fourth-order valence-corrected chi connectivity index (χ4v) is 5.87. The van der Waals surface area contributed by atoms with E-state index >= 15 is 0 Å². The minimum Gasteiger partial charge on any atom is -0.444 e. The van der Waals surface area contributed by atoms with Gasteiger partial charge in [0.25, 0.3) is 0 Å². The normalized spacial score (nSPS) is 14.9. The smallest absolute Gasteiger partial charge is 0.415 e. The Morgan fingerprint density at radius 2 is 1.69 bits per heavy atom. The number of ether oxygens (including phenoxy) is 2. The molecule has 0 saturated carbocycles. The van der Waals surface area contributed by atoms with Crippen molar-refractivity contribution in [2.75, 3.05) is 18.0 Å². The van der Waals surface area contributed by atoms with E-state index in [2.05, 4.69) is 13.8 Å². The van der Waals surface area contributed by atoms with Gasteiger partial charge in [-0.25, -0.2) is 19.1 Å². The van der Waals surface area contributed by atoms with Crippen LogP contribution in [0.3, 0.4) is 0 Å². The lowest BCUT2D eigenvalue weighted by Crippen LogP contribution is -2.42. The molecule has 9 nitrogen and oxygen atoms in total. The highest BCUT2D eigenvalue weighted by atomic mass is 32.2. The zero-order chi connectivity index (χ0) is 30.8. The van der Waals surface area contributed by atoms with Crippen molar-refractivity contribution in [3.63, 3.8) is 0 Å². The van der Waals surface area contributed by atoms with Crippen LogP contribution >= 0.6 is 11.8 Å². The van der Waals surface area contributed by atoms with E-state index in [1.54, 1.807) is 21.6 Å². The highest BCUT2D eigenvalue weighted by molar-refractivity contribution is 7.99. The van der Waals surface area contributed by atoms with Crippen molar-refractivity contribution in [2.24, 2.45) is 0 Å². The summed E-state index contributed by atoms with van der Waals surface area (Å²) in [6.45, 7) is 19.1. The molecule has 1 fully saturated rings. The summed E-state index contributed by atoms with van der Waals surface area (Å²) in [6.07, 6.45) is 2.77. The largest absolute Gasteiger partial charge is 0.444 e. The number of nitrogens with zero attached hydrogens (tertiary/aromatic N) is 5. The van der Waals surface area contributed by atoms with Crippen LogP contribution in [0.25, 0.3) is 5.65 Å². The Bertz CT molecular complexity index is 1410. The average Bonchev–Trinajstić information content (AvgIpc) is 3.30. The number of hydrogen-bond donors (Lipinski definition) is 0. The number of aromatic nitrogens is 3. The van der Waals surface area contributed by atoms with Crippen LogP contribution < -0.4 is 4.90 Å². The standard InChI is InChI=1S/C32H45N5O4S/c1-21(2)26-19-33-28-25(36(30(39)41-32(7,8)9)20-23-13-11-10-12-22(23)3)18-27(34-37(26)28)42-24-14-16-35(17-15-24)29(38)40-31(4,5)6/h10-13,18-19,21,24H,14-17,20H2,1-9H3. The molecule has 4 rings (SSSR count). The van der Waals surface area contributed by atoms with Crippen molar-refractivity contribution >= 4 is 35.3 Å². The SMILES string of the molecule is Cc1ccccc1CN(C(=O)OC(C)(C)C)c1cc(SC2CCN(C(=O)OC(C)(C)C)CC2)nn2c(C(C)C)cnc12. The van der Waals surface area contributed by atoms with E-state index in [0.717, 1.165) is 34.7 Å². The van der Waals surface area contributed by atoms with Crippen molar-refractivity contribution in [2.45, 2.75) is 109 Å². The Labute approximate surface area is 254 Å². The third-order valence-electron chi connectivity index (χ3n) is 6.92. The van der Waals surface area contributed by atoms with E-state index in [4.69, 9.17) is 19.6 Å². The van der Waals surface area contributed by atoms with Crippen LogP contribution in [0.15, 0.2) is 41.6 Å². The monoisotopic (exact) mass is 595 g/mol. The average molecular weight is 596 g/mol. The van der Waals surface area contributed by atoms with Gasteiger partial charge in [-0.1, -0.05) is 38.1 Å². The second-order valence-electron chi connectivity index (χ2n) is 13.2. The molecule has 0 spiro atoms. The fraction of sp³-hybridized carbons (Fsp3) is 0.562. The first kappa shape index (κ1) is 31.7. The van der Waals surface area contributed by atoms with Gasteiger partial charge < -0.3 is 14.4 Å². The fourth-order valence-electron chi connectivity index (χ4n) is 4.77. The summed E-state index contributed by atoms with van der Waals surface area (Å²) in [6, 6.07) is 10.0. The van der Waals surface area contributed by atoms with Crippen LogP contribution in [0.2, 0.25) is 0 Å². The molecule has 0 bridgehead atoms. The first-order valence-electron chi connectivity index (χ1n) is 14.7. The number of benzene rings is 1. The van der Waals surface area contributed by atoms with Gasteiger partial charge >= 0.3 is 12.2 Å². The number of rotatable bonds is 6. The minimum atomic E-state index is -0.664. The summed E-state index contributed by atoms with van der Waals surface area (Å²) in [7, 11) is 0. The van der Waals surface area contributed by atoms with E-state index in [-0.39, 0.29) is 17.3 Å². The molecule has 42 heavy (non-hydrogen) atoms. The summed E-state index contributed by atoms with van der Waals surface area (Å²) in [4.78, 5) is 34.5. The summed E-state index contributed by atoms with van der Waals surface area (Å²) in [5.74, 6) is 0.184. The number of imidazole rings is 1. The van der Waals surface area contributed by atoms with Crippen molar-refractivity contribution < 1.29 is 19.1 Å². The molecule has 2 aromatic heterocycles. The zero-order valence-corrected chi connectivity index (χ0v) is 27.2. The number of aryl methyl sites for hydroxylation is 1. The maximum Gasteiger partial charge on any atom is 0.415 e. The van der Waals surface area contributed by atoms with Gasteiger partial charge in [-0.2, -0.15) is 5.10 Å². The Kier molecular flexibility index (Phi) is 9.45. The number of anilines is 1. The van der Waals surface area contributed by atoms with Gasteiger partial charge in [-0.3, -0.25) is 4.90 Å². The van der Waals surface area contributed by atoms with E-state index in [1.807, 2.05) is 89.5 Å². The molecule has 228 valence electrons. The zero-order valence-electron chi connectivity index (χ0n) is 26.4. The Balaban J connectivity index is 1.68. The molecule has 10 heteroatoms. The van der Waals surface area contributed by atoms with Crippen LogP contribution in [-0.2, 0) is 16.0 Å². The van der Waals surface area contributed by atoms with Gasteiger partial charge in [0, 0.05) is 18.3 Å². The molecule has 0 radical (unpaired) electrons. The summed E-state index contributed by atoms with van der Waals surface area (Å²) in [5, 5.41) is 6.05.